The number of hydrogen-bond donors (Lipinski definition) is 1. The standard InChI is InChI=1S/C22H23F2N5O4S2/c1-21(2,3)33-20(31)29-11-8-12(29)10-28(9-11)19-27-15-13(17-26-6-7-34-17)4-5-14(16(15)35-19)32-22(23,24)18(25)30/h4-7,11-12H,8-10H2,1-3H3,(H2,25,30). The van der Waals surface area contributed by atoms with Crippen molar-refractivity contribution in [2.75, 3.05) is 18.0 Å². The van der Waals surface area contributed by atoms with Gasteiger partial charge in [-0.1, -0.05) is 11.3 Å². The number of nitrogens with zero attached hydrogens (tertiary/aromatic N) is 4. The van der Waals surface area contributed by atoms with Crippen LogP contribution in [0.3, 0.4) is 0 Å². The summed E-state index contributed by atoms with van der Waals surface area (Å²) in [6, 6.07) is 2.91. The highest BCUT2D eigenvalue weighted by Crippen LogP contribution is 2.44. The van der Waals surface area contributed by atoms with Gasteiger partial charge in [0.05, 0.1) is 22.3 Å². The second-order valence-electron chi connectivity index (χ2n) is 9.44. The average Bonchev–Trinajstić information content (AvgIpc) is 3.43. The summed E-state index contributed by atoms with van der Waals surface area (Å²) in [5, 5.41) is 3.09. The van der Waals surface area contributed by atoms with E-state index in [0.29, 0.717) is 39.0 Å². The lowest BCUT2D eigenvalue weighted by Crippen LogP contribution is -2.70. The summed E-state index contributed by atoms with van der Waals surface area (Å²) in [7, 11) is 0. The van der Waals surface area contributed by atoms with E-state index < -0.39 is 17.6 Å². The number of carbonyl (C=O) groups excluding carboxylic acids is 2. The van der Waals surface area contributed by atoms with E-state index in [4.69, 9.17) is 20.2 Å². The molecule has 6 rings (SSSR count). The summed E-state index contributed by atoms with van der Waals surface area (Å²) in [5.41, 5.74) is 5.34. The van der Waals surface area contributed by atoms with Gasteiger partial charge in [-0.05, 0) is 39.3 Å². The summed E-state index contributed by atoms with van der Waals surface area (Å²) < 4.78 is 38.6. The molecule has 3 aliphatic heterocycles. The Morgan fingerprint density at radius 1 is 1.20 bits per heavy atom. The first-order valence-electron chi connectivity index (χ1n) is 10.9. The number of fused-ring (bicyclic) bond motifs is 3. The van der Waals surface area contributed by atoms with E-state index in [9.17, 15) is 18.4 Å². The van der Waals surface area contributed by atoms with Crippen LogP contribution in [0.25, 0.3) is 20.8 Å². The molecule has 1 aromatic carbocycles. The average molecular weight is 524 g/mol. The number of aromatic nitrogens is 2. The number of amides is 2. The minimum absolute atomic E-state index is 0.0241. The van der Waals surface area contributed by atoms with Gasteiger partial charge >= 0.3 is 18.1 Å². The summed E-state index contributed by atoms with van der Waals surface area (Å²) in [6.45, 7) is 6.56. The van der Waals surface area contributed by atoms with Gasteiger partial charge < -0.3 is 20.1 Å². The molecule has 3 saturated heterocycles. The lowest BCUT2D eigenvalue weighted by molar-refractivity contribution is -0.188. The highest BCUT2D eigenvalue weighted by atomic mass is 32.1. The molecule has 13 heteroatoms. The van der Waals surface area contributed by atoms with Gasteiger partial charge in [-0.25, -0.2) is 14.8 Å². The van der Waals surface area contributed by atoms with E-state index in [1.54, 1.807) is 17.2 Å². The number of rotatable bonds is 5. The van der Waals surface area contributed by atoms with E-state index in [1.165, 1.54) is 28.7 Å². The Hall–Kier alpha value is -3.06. The van der Waals surface area contributed by atoms with Crippen LogP contribution in [-0.4, -0.2) is 63.8 Å². The summed E-state index contributed by atoms with van der Waals surface area (Å²) in [5.74, 6) is -2.07. The number of primary amides is 1. The SMILES string of the molecule is CC(C)(C)OC(=O)N1C2CC1CN(c1nc3c(-c4nccs4)ccc(OC(F)(F)C(N)=O)c3s1)C2. The largest absolute Gasteiger partial charge is 0.482 e. The number of benzene rings is 1. The van der Waals surface area contributed by atoms with Crippen molar-refractivity contribution in [3.63, 3.8) is 0 Å². The van der Waals surface area contributed by atoms with E-state index in [1.807, 2.05) is 31.1 Å². The first-order chi connectivity index (χ1) is 16.4. The Kier molecular flexibility index (Phi) is 5.59. The number of nitrogens with two attached hydrogens (primary N) is 1. The third-order valence-electron chi connectivity index (χ3n) is 5.75. The number of thiazole rings is 2. The summed E-state index contributed by atoms with van der Waals surface area (Å²) >= 11 is 2.58. The maximum absolute atomic E-state index is 14.0. The fourth-order valence-electron chi connectivity index (χ4n) is 4.28. The third-order valence-corrected chi connectivity index (χ3v) is 7.69. The second kappa shape index (κ2) is 8.26. The number of alkyl halides is 2. The molecule has 3 fully saturated rings. The molecule has 2 aromatic heterocycles. The van der Waals surface area contributed by atoms with Crippen molar-refractivity contribution in [2.24, 2.45) is 5.73 Å². The van der Waals surface area contributed by atoms with Crippen LogP contribution in [0.5, 0.6) is 5.75 Å². The molecule has 35 heavy (non-hydrogen) atoms. The van der Waals surface area contributed by atoms with E-state index in [0.717, 1.165) is 6.42 Å². The topological polar surface area (TPSA) is 111 Å². The smallest absolute Gasteiger partial charge is 0.444 e. The van der Waals surface area contributed by atoms with Gasteiger partial charge in [0, 0.05) is 30.2 Å². The summed E-state index contributed by atoms with van der Waals surface area (Å²) in [4.78, 5) is 36.6. The molecule has 186 valence electrons. The highest BCUT2D eigenvalue weighted by Gasteiger charge is 2.49. The quantitative estimate of drug-likeness (QED) is 0.537. The van der Waals surface area contributed by atoms with E-state index in [2.05, 4.69) is 4.98 Å². The lowest BCUT2D eigenvalue weighted by atomic mass is 9.88. The number of hydrogen-bond acceptors (Lipinski definition) is 9. The van der Waals surface area contributed by atoms with Crippen LogP contribution < -0.4 is 15.4 Å². The van der Waals surface area contributed by atoms with Gasteiger partial charge in [0.15, 0.2) is 5.13 Å². The number of piperidine rings is 1. The summed E-state index contributed by atoms with van der Waals surface area (Å²) in [6.07, 6.45) is -1.99. The number of halogens is 2. The van der Waals surface area contributed by atoms with Gasteiger partial charge in [0.2, 0.25) is 0 Å². The van der Waals surface area contributed by atoms with Gasteiger partial charge in [0.25, 0.3) is 0 Å². The molecule has 2 N–H and O–H groups in total. The lowest BCUT2D eigenvalue weighted by Gasteiger charge is -2.55. The molecule has 0 aliphatic carbocycles. The molecule has 0 spiro atoms. The number of carbonyl (C=O) groups is 2. The van der Waals surface area contributed by atoms with E-state index in [-0.39, 0.29) is 23.9 Å². The number of piperazine rings is 1. The molecular weight excluding hydrogens is 500 g/mol. The zero-order valence-electron chi connectivity index (χ0n) is 19.2. The van der Waals surface area contributed by atoms with Crippen LogP contribution in [0.4, 0.5) is 18.7 Å². The molecule has 5 heterocycles. The zero-order valence-corrected chi connectivity index (χ0v) is 20.8. The molecule has 3 aromatic rings. The maximum Gasteiger partial charge on any atom is 0.482 e. The van der Waals surface area contributed by atoms with Crippen molar-refractivity contribution < 1.29 is 27.8 Å². The molecule has 0 radical (unpaired) electrons. The predicted octanol–water partition coefficient (Wildman–Crippen LogP) is 4.07. The minimum atomic E-state index is -4.17. The van der Waals surface area contributed by atoms with Crippen LogP contribution in [0.1, 0.15) is 27.2 Å². The Balaban J connectivity index is 1.46. The van der Waals surface area contributed by atoms with Gasteiger partial charge in [-0.15, -0.1) is 11.3 Å². The Morgan fingerprint density at radius 3 is 2.51 bits per heavy atom. The molecule has 0 saturated carbocycles. The first kappa shape index (κ1) is 23.7. The van der Waals surface area contributed by atoms with Crippen LogP contribution in [0.2, 0.25) is 0 Å². The zero-order chi connectivity index (χ0) is 25.1. The maximum atomic E-state index is 14.0. The molecular formula is C22H23F2N5O4S2. The molecule has 2 bridgehead atoms. The first-order valence-corrected chi connectivity index (χ1v) is 12.6. The molecule has 2 atom stereocenters. The molecule has 9 nitrogen and oxygen atoms in total. The van der Waals surface area contributed by atoms with Crippen molar-refractivity contribution in [2.45, 2.75) is 51.0 Å². The van der Waals surface area contributed by atoms with Crippen molar-refractivity contribution in [3.05, 3.63) is 23.7 Å². The second-order valence-corrected chi connectivity index (χ2v) is 11.3. The fraction of sp³-hybridized carbons (Fsp3) is 0.455. The monoisotopic (exact) mass is 523 g/mol. The highest BCUT2D eigenvalue weighted by molar-refractivity contribution is 7.22. The number of anilines is 1. The Morgan fingerprint density at radius 2 is 1.91 bits per heavy atom. The third kappa shape index (κ3) is 4.38. The molecule has 2 amide bonds. The van der Waals surface area contributed by atoms with Crippen LogP contribution in [0, 0.1) is 0 Å². The van der Waals surface area contributed by atoms with E-state index >= 15 is 0 Å². The van der Waals surface area contributed by atoms with Crippen LogP contribution in [-0.2, 0) is 9.53 Å². The molecule has 3 aliphatic rings. The normalized spacial score (nSPS) is 20.0. The van der Waals surface area contributed by atoms with Gasteiger partial charge in [0.1, 0.15) is 16.4 Å². The Labute approximate surface area is 207 Å². The van der Waals surface area contributed by atoms with Gasteiger partial charge in [-0.3, -0.25) is 9.69 Å². The Bertz CT molecular complexity index is 1280. The minimum Gasteiger partial charge on any atom is -0.444 e. The predicted molar refractivity (Wildman–Crippen MR) is 128 cm³/mol. The van der Waals surface area contributed by atoms with Crippen molar-refractivity contribution in [3.8, 4) is 16.3 Å². The fourth-order valence-corrected chi connectivity index (χ4v) is 6.01. The van der Waals surface area contributed by atoms with Crippen LogP contribution in [0.15, 0.2) is 23.7 Å². The number of ether oxygens (including phenoxy) is 2. The molecule has 2 unspecified atom stereocenters. The van der Waals surface area contributed by atoms with Crippen molar-refractivity contribution in [1.29, 1.82) is 0 Å². The van der Waals surface area contributed by atoms with Crippen LogP contribution >= 0.6 is 22.7 Å². The van der Waals surface area contributed by atoms with Crippen molar-refractivity contribution >= 4 is 50.0 Å². The van der Waals surface area contributed by atoms with Crippen molar-refractivity contribution in [1.82, 2.24) is 14.9 Å². The van der Waals surface area contributed by atoms with Gasteiger partial charge in [-0.2, -0.15) is 8.78 Å².